The third-order valence-corrected chi connectivity index (χ3v) is 7.99. The van der Waals surface area contributed by atoms with Gasteiger partial charge in [-0.15, -0.1) is 11.3 Å². The summed E-state index contributed by atoms with van der Waals surface area (Å²) in [5, 5.41) is 6.33. The van der Waals surface area contributed by atoms with Crippen molar-refractivity contribution in [3.8, 4) is 0 Å². The molecule has 0 spiro atoms. The van der Waals surface area contributed by atoms with Gasteiger partial charge in [0.25, 0.3) is 0 Å². The third-order valence-electron chi connectivity index (χ3n) is 5.81. The number of para-hydroxylation sites is 1. The summed E-state index contributed by atoms with van der Waals surface area (Å²) < 4.78 is 2.02. The van der Waals surface area contributed by atoms with Crippen LogP contribution in [0.2, 0.25) is 0 Å². The van der Waals surface area contributed by atoms with Crippen molar-refractivity contribution in [2.75, 3.05) is 5.75 Å². The number of fused-ring (bicyclic) bond motifs is 1. The molecule has 2 saturated carbocycles. The van der Waals surface area contributed by atoms with E-state index in [4.69, 9.17) is 0 Å². The molecule has 0 radical (unpaired) electrons. The number of carbonyl (C=O) groups is 2. The van der Waals surface area contributed by atoms with Crippen molar-refractivity contribution in [2.24, 2.45) is 0 Å². The maximum atomic E-state index is 13.1. The van der Waals surface area contributed by atoms with Gasteiger partial charge >= 0.3 is 0 Å². The molecule has 0 aliphatic heterocycles. The molecular formula is C21H27N3O2S2. The highest BCUT2D eigenvalue weighted by molar-refractivity contribution is 8.01. The molecule has 1 aromatic carbocycles. The maximum Gasteiger partial charge on any atom is 0.245 e. The van der Waals surface area contributed by atoms with E-state index in [9.17, 15) is 9.59 Å². The minimum Gasteiger partial charge on any atom is -0.351 e. The number of benzene rings is 1. The van der Waals surface area contributed by atoms with Gasteiger partial charge in [0.1, 0.15) is 5.54 Å². The van der Waals surface area contributed by atoms with Crippen molar-refractivity contribution >= 4 is 45.1 Å². The molecule has 1 aromatic heterocycles. The van der Waals surface area contributed by atoms with Crippen LogP contribution in [0.4, 0.5) is 0 Å². The van der Waals surface area contributed by atoms with E-state index in [2.05, 4.69) is 15.6 Å². The molecule has 0 bridgehead atoms. The second-order valence-corrected chi connectivity index (χ2v) is 10.1. The molecule has 7 heteroatoms. The number of nitrogens with one attached hydrogen (secondary N) is 2. The van der Waals surface area contributed by atoms with Crippen molar-refractivity contribution in [2.45, 2.75) is 73.7 Å². The highest BCUT2D eigenvalue weighted by atomic mass is 32.2. The molecule has 5 nitrogen and oxygen atoms in total. The lowest BCUT2D eigenvalue weighted by Gasteiger charge is -2.37. The first-order valence-electron chi connectivity index (χ1n) is 10.2. The van der Waals surface area contributed by atoms with Gasteiger partial charge in [-0.05, 0) is 37.8 Å². The van der Waals surface area contributed by atoms with Gasteiger partial charge in [-0.25, -0.2) is 4.98 Å². The maximum absolute atomic E-state index is 13.1. The molecule has 2 aliphatic rings. The van der Waals surface area contributed by atoms with E-state index in [0.29, 0.717) is 0 Å². The molecule has 4 rings (SSSR count). The van der Waals surface area contributed by atoms with Crippen LogP contribution in [0.5, 0.6) is 0 Å². The van der Waals surface area contributed by atoms with Gasteiger partial charge in [-0.1, -0.05) is 56.0 Å². The minimum absolute atomic E-state index is 0.0254. The zero-order valence-electron chi connectivity index (χ0n) is 16.0. The van der Waals surface area contributed by atoms with Crippen LogP contribution in [0.25, 0.3) is 10.2 Å². The van der Waals surface area contributed by atoms with Crippen LogP contribution < -0.4 is 10.6 Å². The minimum atomic E-state index is -0.730. The average Bonchev–Trinajstić information content (AvgIpc) is 3.36. The molecule has 28 heavy (non-hydrogen) atoms. The Kier molecular flexibility index (Phi) is 6.21. The van der Waals surface area contributed by atoms with Crippen molar-refractivity contribution in [3.63, 3.8) is 0 Å². The normalized spacial score (nSPS) is 19.6. The van der Waals surface area contributed by atoms with Crippen molar-refractivity contribution in [3.05, 3.63) is 24.3 Å². The molecular weight excluding hydrogens is 390 g/mol. The van der Waals surface area contributed by atoms with Crippen LogP contribution in [0.15, 0.2) is 28.6 Å². The standard InChI is InChI=1S/C21H27N3O2S2/c25-18(14-27-20-23-16-10-4-5-11-17(16)28-20)24-21(12-6-1-7-13-21)19(26)22-15-8-2-3-9-15/h4-5,10-11,15H,1-3,6-9,12-14H2,(H,22,26)(H,24,25). The fourth-order valence-electron chi connectivity index (χ4n) is 4.30. The first-order chi connectivity index (χ1) is 13.6. The van der Waals surface area contributed by atoms with E-state index in [-0.39, 0.29) is 23.6 Å². The largest absolute Gasteiger partial charge is 0.351 e. The highest BCUT2D eigenvalue weighted by Gasteiger charge is 2.41. The zero-order valence-corrected chi connectivity index (χ0v) is 17.7. The smallest absolute Gasteiger partial charge is 0.245 e. The van der Waals surface area contributed by atoms with E-state index in [1.165, 1.54) is 24.6 Å². The van der Waals surface area contributed by atoms with Gasteiger partial charge in [0.15, 0.2) is 4.34 Å². The lowest BCUT2D eigenvalue weighted by molar-refractivity contribution is -0.134. The van der Waals surface area contributed by atoms with Gasteiger partial charge in [-0.3, -0.25) is 9.59 Å². The monoisotopic (exact) mass is 417 g/mol. The highest BCUT2D eigenvalue weighted by Crippen LogP contribution is 2.31. The van der Waals surface area contributed by atoms with Crippen LogP contribution in [0, 0.1) is 0 Å². The Bertz CT molecular complexity index is 806. The van der Waals surface area contributed by atoms with Gasteiger partial charge < -0.3 is 10.6 Å². The van der Waals surface area contributed by atoms with Crippen LogP contribution in [0.3, 0.4) is 0 Å². The van der Waals surface area contributed by atoms with Crippen molar-refractivity contribution in [1.29, 1.82) is 0 Å². The van der Waals surface area contributed by atoms with Crippen LogP contribution in [-0.4, -0.2) is 34.1 Å². The second kappa shape index (κ2) is 8.82. The topological polar surface area (TPSA) is 71.1 Å². The molecule has 2 fully saturated rings. The van der Waals surface area contributed by atoms with E-state index < -0.39 is 5.54 Å². The number of amides is 2. The molecule has 2 aromatic rings. The van der Waals surface area contributed by atoms with Crippen LogP contribution >= 0.6 is 23.1 Å². The summed E-state index contributed by atoms with van der Waals surface area (Å²) in [4.78, 5) is 30.3. The Labute approximate surface area is 174 Å². The summed E-state index contributed by atoms with van der Waals surface area (Å²) in [6, 6.07) is 8.28. The van der Waals surface area contributed by atoms with Crippen molar-refractivity contribution in [1.82, 2.24) is 15.6 Å². The predicted molar refractivity (Wildman–Crippen MR) is 115 cm³/mol. The summed E-state index contributed by atoms with van der Waals surface area (Å²) in [5.74, 6) is 0.239. The summed E-state index contributed by atoms with van der Waals surface area (Å²) in [6.45, 7) is 0. The Balaban J connectivity index is 1.38. The number of thioether (sulfide) groups is 1. The molecule has 1 heterocycles. The fraction of sp³-hybridized carbons (Fsp3) is 0.571. The number of rotatable bonds is 6. The molecule has 0 saturated heterocycles. The van der Waals surface area contributed by atoms with Crippen LogP contribution in [-0.2, 0) is 9.59 Å². The Hall–Kier alpha value is -1.60. The summed E-state index contributed by atoms with van der Waals surface area (Å²) in [5.41, 5.74) is 0.238. The number of hydrogen-bond acceptors (Lipinski definition) is 5. The average molecular weight is 418 g/mol. The Morgan fingerprint density at radius 1 is 1.11 bits per heavy atom. The van der Waals surface area contributed by atoms with Gasteiger partial charge in [-0.2, -0.15) is 0 Å². The number of aromatic nitrogens is 1. The lowest BCUT2D eigenvalue weighted by atomic mass is 9.80. The van der Waals surface area contributed by atoms with E-state index >= 15 is 0 Å². The first-order valence-corrected chi connectivity index (χ1v) is 12.1. The molecule has 150 valence electrons. The van der Waals surface area contributed by atoms with Gasteiger partial charge in [0.05, 0.1) is 16.0 Å². The summed E-state index contributed by atoms with van der Waals surface area (Å²) in [7, 11) is 0. The molecule has 2 N–H and O–H groups in total. The predicted octanol–water partition coefficient (Wildman–Crippen LogP) is 4.27. The van der Waals surface area contributed by atoms with E-state index in [0.717, 1.165) is 59.5 Å². The fourth-order valence-corrected chi connectivity index (χ4v) is 6.17. The zero-order chi connectivity index (χ0) is 19.4. The first kappa shape index (κ1) is 19.7. The molecule has 2 aliphatic carbocycles. The second-order valence-electron chi connectivity index (χ2n) is 7.88. The van der Waals surface area contributed by atoms with E-state index in [1.807, 2.05) is 24.3 Å². The number of thiazole rings is 1. The summed E-state index contributed by atoms with van der Waals surface area (Å²) in [6.07, 6.45) is 9.08. The molecule has 2 amide bonds. The van der Waals surface area contributed by atoms with E-state index in [1.54, 1.807) is 11.3 Å². The Morgan fingerprint density at radius 2 is 1.86 bits per heavy atom. The van der Waals surface area contributed by atoms with Gasteiger partial charge in [0, 0.05) is 6.04 Å². The third kappa shape index (κ3) is 4.51. The van der Waals surface area contributed by atoms with Gasteiger partial charge in [0.2, 0.25) is 11.8 Å². The summed E-state index contributed by atoms with van der Waals surface area (Å²) >= 11 is 3.05. The lowest BCUT2D eigenvalue weighted by Crippen LogP contribution is -2.61. The number of carbonyl (C=O) groups excluding carboxylic acids is 2. The molecule has 0 unspecified atom stereocenters. The SMILES string of the molecule is O=C(CSc1nc2ccccc2s1)NC1(C(=O)NC2CCCC2)CCCCC1. The molecule has 0 atom stereocenters. The number of nitrogens with zero attached hydrogens (tertiary/aromatic N) is 1. The Morgan fingerprint density at radius 3 is 2.61 bits per heavy atom. The van der Waals surface area contributed by atoms with Crippen molar-refractivity contribution < 1.29 is 9.59 Å². The quantitative estimate of drug-likeness (QED) is 0.689. The van der Waals surface area contributed by atoms with Crippen LogP contribution in [0.1, 0.15) is 57.8 Å². The number of hydrogen-bond donors (Lipinski definition) is 2.